The molecule has 2 unspecified atom stereocenters. The summed E-state index contributed by atoms with van der Waals surface area (Å²) in [6.07, 6.45) is 1.75. The van der Waals surface area contributed by atoms with Crippen molar-refractivity contribution in [1.82, 2.24) is 9.55 Å². The SMILES string of the molecule is CC1OCCC1(C)n1c(CCCl)nc2ccc(C#N)cc21. The summed E-state index contributed by atoms with van der Waals surface area (Å²) in [6, 6.07) is 7.83. The topological polar surface area (TPSA) is 50.8 Å². The van der Waals surface area contributed by atoms with Gasteiger partial charge in [0, 0.05) is 18.9 Å². The Hall–Kier alpha value is -1.57. The molecule has 0 saturated carbocycles. The summed E-state index contributed by atoms with van der Waals surface area (Å²) in [4.78, 5) is 4.72. The fraction of sp³-hybridized carbons (Fsp3) is 0.500. The molecular weight excluding hydrogens is 286 g/mol. The maximum absolute atomic E-state index is 9.15. The Morgan fingerprint density at radius 3 is 3.00 bits per heavy atom. The number of imidazole rings is 1. The molecule has 3 rings (SSSR count). The number of alkyl halides is 1. The summed E-state index contributed by atoms with van der Waals surface area (Å²) in [5.74, 6) is 1.50. The highest BCUT2D eigenvalue weighted by molar-refractivity contribution is 6.17. The van der Waals surface area contributed by atoms with E-state index in [1.165, 1.54) is 0 Å². The lowest BCUT2D eigenvalue weighted by molar-refractivity contribution is 0.0764. The van der Waals surface area contributed by atoms with Crippen LogP contribution in [-0.2, 0) is 16.7 Å². The number of fused-ring (bicyclic) bond motifs is 1. The molecule has 110 valence electrons. The fourth-order valence-corrected chi connectivity index (χ4v) is 3.30. The molecule has 1 aliphatic rings. The lowest BCUT2D eigenvalue weighted by Crippen LogP contribution is -2.38. The van der Waals surface area contributed by atoms with Crippen LogP contribution >= 0.6 is 11.6 Å². The second-order valence-electron chi connectivity index (χ2n) is 5.74. The predicted octanol–water partition coefficient (Wildman–Crippen LogP) is 3.21. The molecule has 4 nitrogen and oxygen atoms in total. The van der Waals surface area contributed by atoms with Crippen LogP contribution in [0.4, 0.5) is 0 Å². The molecule has 0 N–H and O–H groups in total. The van der Waals surface area contributed by atoms with E-state index in [1.807, 2.05) is 12.1 Å². The van der Waals surface area contributed by atoms with Crippen molar-refractivity contribution in [2.24, 2.45) is 0 Å². The van der Waals surface area contributed by atoms with E-state index in [9.17, 15) is 0 Å². The van der Waals surface area contributed by atoms with Gasteiger partial charge in [-0.1, -0.05) is 0 Å². The maximum atomic E-state index is 9.15. The van der Waals surface area contributed by atoms with Crippen molar-refractivity contribution >= 4 is 22.6 Å². The molecule has 0 spiro atoms. The number of benzene rings is 1. The molecule has 2 aromatic rings. The number of rotatable bonds is 3. The maximum Gasteiger partial charge on any atom is 0.111 e. The number of ether oxygens (including phenoxy) is 1. The van der Waals surface area contributed by atoms with Gasteiger partial charge in [0.25, 0.3) is 0 Å². The molecule has 1 aliphatic heterocycles. The highest BCUT2D eigenvalue weighted by Gasteiger charge is 2.41. The summed E-state index contributed by atoms with van der Waals surface area (Å²) in [5.41, 5.74) is 2.41. The zero-order valence-electron chi connectivity index (χ0n) is 12.3. The van der Waals surface area contributed by atoms with Gasteiger partial charge in [-0.2, -0.15) is 5.26 Å². The highest BCUT2D eigenvalue weighted by Crippen LogP contribution is 2.37. The van der Waals surface area contributed by atoms with Crippen LogP contribution in [0.15, 0.2) is 18.2 Å². The van der Waals surface area contributed by atoms with Crippen molar-refractivity contribution in [2.75, 3.05) is 12.5 Å². The van der Waals surface area contributed by atoms with E-state index in [1.54, 1.807) is 6.07 Å². The van der Waals surface area contributed by atoms with Crippen LogP contribution in [0.3, 0.4) is 0 Å². The zero-order chi connectivity index (χ0) is 15.0. The minimum Gasteiger partial charge on any atom is -0.376 e. The quantitative estimate of drug-likeness (QED) is 0.818. The van der Waals surface area contributed by atoms with Crippen LogP contribution in [0, 0.1) is 11.3 Å². The zero-order valence-corrected chi connectivity index (χ0v) is 13.0. The Labute approximate surface area is 129 Å². The van der Waals surface area contributed by atoms with E-state index in [2.05, 4.69) is 24.5 Å². The van der Waals surface area contributed by atoms with E-state index < -0.39 is 0 Å². The summed E-state index contributed by atoms with van der Waals surface area (Å²) in [6.45, 7) is 5.04. The number of aromatic nitrogens is 2. The average molecular weight is 304 g/mol. The van der Waals surface area contributed by atoms with Crippen LogP contribution in [-0.4, -0.2) is 28.1 Å². The minimum atomic E-state index is -0.149. The number of hydrogen-bond donors (Lipinski definition) is 0. The molecule has 0 aliphatic carbocycles. The van der Waals surface area contributed by atoms with Crippen molar-refractivity contribution in [1.29, 1.82) is 5.26 Å². The smallest absolute Gasteiger partial charge is 0.111 e. The van der Waals surface area contributed by atoms with Crippen molar-refractivity contribution in [3.63, 3.8) is 0 Å². The van der Waals surface area contributed by atoms with Crippen molar-refractivity contribution in [3.05, 3.63) is 29.6 Å². The molecule has 2 heterocycles. The van der Waals surface area contributed by atoms with Gasteiger partial charge in [-0.15, -0.1) is 11.6 Å². The van der Waals surface area contributed by atoms with E-state index >= 15 is 0 Å². The monoisotopic (exact) mass is 303 g/mol. The number of hydrogen-bond acceptors (Lipinski definition) is 3. The van der Waals surface area contributed by atoms with Gasteiger partial charge in [-0.25, -0.2) is 4.98 Å². The van der Waals surface area contributed by atoms with Crippen LogP contribution in [0.2, 0.25) is 0 Å². The largest absolute Gasteiger partial charge is 0.376 e. The Bertz CT molecular complexity index is 718. The first-order valence-electron chi connectivity index (χ1n) is 7.19. The molecular formula is C16H18ClN3O. The van der Waals surface area contributed by atoms with Gasteiger partial charge in [0.05, 0.1) is 34.3 Å². The molecule has 1 fully saturated rings. The third kappa shape index (κ3) is 2.21. The van der Waals surface area contributed by atoms with Gasteiger partial charge in [-0.05, 0) is 38.5 Å². The molecule has 0 amide bonds. The highest BCUT2D eigenvalue weighted by atomic mass is 35.5. The first-order chi connectivity index (χ1) is 10.1. The van der Waals surface area contributed by atoms with Crippen LogP contribution in [0.25, 0.3) is 11.0 Å². The van der Waals surface area contributed by atoms with Gasteiger partial charge in [0.15, 0.2) is 0 Å². The predicted molar refractivity (Wildman–Crippen MR) is 82.6 cm³/mol. The van der Waals surface area contributed by atoms with Gasteiger partial charge in [0.1, 0.15) is 5.82 Å². The summed E-state index contributed by atoms with van der Waals surface area (Å²) in [5, 5.41) is 9.15. The third-order valence-corrected chi connectivity index (χ3v) is 4.72. The van der Waals surface area contributed by atoms with Crippen LogP contribution < -0.4 is 0 Å². The Morgan fingerprint density at radius 2 is 2.38 bits per heavy atom. The van der Waals surface area contributed by atoms with E-state index in [4.69, 9.17) is 26.6 Å². The number of nitrogens with zero attached hydrogens (tertiary/aromatic N) is 3. The van der Waals surface area contributed by atoms with Gasteiger partial charge >= 0.3 is 0 Å². The molecule has 5 heteroatoms. The van der Waals surface area contributed by atoms with Gasteiger partial charge < -0.3 is 9.30 Å². The Kier molecular flexibility index (Phi) is 3.64. The van der Waals surface area contributed by atoms with Crippen LogP contribution in [0.5, 0.6) is 0 Å². The molecule has 0 bridgehead atoms. The summed E-state index contributed by atoms with van der Waals surface area (Å²) < 4.78 is 8.02. The van der Waals surface area contributed by atoms with Gasteiger partial charge in [-0.3, -0.25) is 0 Å². The fourth-order valence-electron chi connectivity index (χ4n) is 3.14. The normalized spacial score (nSPS) is 25.3. The molecule has 1 saturated heterocycles. The summed E-state index contributed by atoms with van der Waals surface area (Å²) >= 11 is 5.95. The first-order valence-corrected chi connectivity index (χ1v) is 7.73. The van der Waals surface area contributed by atoms with Crippen molar-refractivity contribution in [2.45, 2.75) is 38.3 Å². The van der Waals surface area contributed by atoms with Crippen LogP contribution in [0.1, 0.15) is 31.7 Å². The van der Waals surface area contributed by atoms with Gasteiger partial charge in [0.2, 0.25) is 0 Å². The summed E-state index contributed by atoms with van der Waals surface area (Å²) in [7, 11) is 0. The first kappa shape index (κ1) is 14.4. The Morgan fingerprint density at radius 1 is 1.57 bits per heavy atom. The second kappa shape index (κ2) is 5.32. The second-order valence-corrected chi connectivity index (χ2v) is 6.12. The lowest BCUT2D eigenvalue weighted by atomic mass is 9.93. The average Bonchev–Trinajstić information content (AvgIpc) is 3.00. The van der Waals surface area contributed by atoms with E-state index in [0.29, 0.717) is 17.9 Å². The lowest BCUT2D eigenvalue weighted by Gasteiger charge is -2.32. The third-order valence-electron chi connectivity index (χ3n) is 4.53. The number of aryl methyl sites for hydroxylation is 1. The molecule has 1 aromatic heterocycles. The molecule has 0 radical (unpaired) electrons. The minimum absolute atomic E-state index is 0.106. The van der Waals surface area contributed by atoms with E-state index in [0.717, 1.165) is 29.9 Å². The van der Waals surface area contributed by atoms with Crippen molar-refractivity contribution in [3.8, 4) is 6.07 Å². The molecule has 2 atom stereocenters. The number of halogens is 1. The standard InChI is InChI=1S/C16H18ClN3O/c1-11-16(2,6-8-21-11)20-14-9-12(10-18)3-4-13(14)19-15(20)5-7-17/h3-4,9,11H,5-8H2,1-2H3. The Balaban J connectivity index is 2.27. The van der Waals surface area contributed by atoms with Crippen molar-refractivity contribution < 1.29 is 4.74 Å². The van der Waals surface area contributed by atoms with E-state index in [-0.39, 0.29) is 11.6 Å². The molecule has 21 heavy (non-hydrogen) atoms. The number of nitriles is 1. The molecule has 1 aromatic carbocycles.